The fourth-order valence-electron chi connectivity index (χ4n) is 2.64. The van der Waals surface area contributed by atoms with Gasteiger partial charge in [0.05, 0.1) is 5.69 Å². The predicted octanol–water partition coefficient (Wildman–Crippen LogP) is 3.52. The molecule has 24 heavy (non-hydrogen) atoms. The lowest BCUT2D eigenvalue weighted by molar-refractivity contribution is 0.491. The Morgan fingerprint density at radius 2 is 1.67 bits per heavy atom. The van der Waals surface area contributed by atoms with Gasteiger partial charge in [-0.3, -0.25) is 0 Å². The molecule has 0 saturated heterocycles. The van der Waals surface area contributed by atoms with E-state index in [4.69, 9.17) is 0 Å². The third-order valence-corrected chi connectivity index (χ3v) is 4.20. The minimum Gasteiger partial charge on any atom is -0.304 e. The fourth-order valence-corrected chi connectivity index (χ4v) is 2.64. The third kappa shape index (κ3) is 3.49. The van der Waals surface area contributed by atoms with Crippen LogP contribution in [-0.4, -0.2) is 20.2 Å². The standard InChI is InChI=1S/C18H20FN5/c1-12-4-5-16(10-18(12)19)14(3)21-13(2)15-6-8-17(9-7-15)24-11-20-22-23-24/h4-11,13-14,21H,1-3H3/t13-,14-/m0/s1. The van der Waals surface area contributed by atoms with Crippen molar-refractivity contribution in [3.63, 3.8) is 0 Å². The van der Waals surface area contributed by atoms with Gasteiger partial charge in [0.1, 0.15) is 12.1 Å². The van der Waals surface area contributed by atoms with E-state index in [2.05, 4.69) is 27.8 Å². The van der Waals surface area contributed by atoms with E-state index in [-0.39, 0.29) is 17.9 Å². The largest absolute Gasteiger partial charge is 0.304 e. The predicted molar refractivity (Wildman–Crippen MR) is 90.3 cm³/mol. The molecule has 0 aliphatic rings. The normalized spacial score (nSPS) is 13.7. The Balaban J connectivity index is 1.69. The van der Waals surface area contributed by atoms with E-state index in [1.807, 2.05) is 43.3 Å². The Labute approximate surface area is 140 Å². The van der Waals surface area contributed by atoms with E-state index in [1.54, 1.807) is 24.0 Å². The van der Waals surface area contributed by atoms with E-state index in [9.17, 15) is 4.39 Å². The molecule has 1 N–H and O–H groups in total. The van der Waals surface area contributed by atoms with Gasteiger partial charge >= 0.3 is 0 Å². The minimum absolute atomic E-state index is 0.0503. The number of rotatable bonds is 5. The Kier molecular flexibility index (Phi) is 4.66. The minimum atomic E-state index is -0.167. The van der Waals surface area contributed by atoms with Crippen LogP contribution < -0.4 is 5.32 Å². The van der Waals surface area contributed by atoms with Gasteiger partial charge in [-0.15, -0.1) is 5.10 Å². The first-order valence-electron chi connectivity index (χ1n) is 7.90. The quantitative estimate of drug-likeness (QED) is 0.780. The first kappa shape index (κ1) is 16.3. The highest BCUT2D eigenvalue weighted by molar-refractivity contribution is 5.34. The van der Waals surface area contributed by atoms with Gasteiger partial charge in [0.15, 0.2) is 0 Å². The summed E-state index contributed by atoms with van der Waals surface area (Å²) in [5.41, 5.74) is 3.66. The first-order chi connectivity index (χ1) is 11.5. The first-order valence-corrected chi connectivity index (χ1v) is 7.90. The molecule has 0 aliphatic heterocycles. The van der Waals surface area contributed by atoms with Crippen molar-refractivity contribution in [3.8, 4) is 5.69 Å². The van der Waals surface area contributed by atoms with Gasteiger partial charge in [-0.1, -0.05) is 24.3 Å². The fraction of sp³-hybridized carbons (Fsp3) is 0.278. The number of nitrogens with zero attached hydrogens (tertiary/aromatic N) is 4. The molecule has 3 rings (SSSR count). The van der Waals surface area contributed by atoms with Crippen molar-refractivity contribution in [1.82, 2.24) is 25.5 Å². The summed E-state index contributed by atoms with van der Waals surface area (Å²) in [7, 11) is 0. The van der Waals surface area contributed by atoms with Crippen molar-refractivity contribution in [2.75, 3.05) is 0 Å². The highest BCUT2D eigenvalue weighted by Gasteiger charge is 2.12. The van der Waals surface area contributed by atoms with Crippen LogP contribution in [0.2, 0.25) is 0 Å². The second-order valence-corrected chi connectivity index (χ2v) is 5.96. The van der Waals surface area contributed by atoms with Crippen LogP contribution in [0.4, 0.5) is 4.39 Å². The summed E-state index contributed by atoms with van der Waals surface area (Å²) in [6.45, 7) is 5.90. The number of benzene rings is 2. The Morgan fingerprint density at radius 3 is 2.29 bits per heavy atom. The zero-order chi connectivity index (χ0) is 17.1. The molecular formula is C18H20FN5. The zero-order valence-corrected chi connectivity index (χ0v) is 13.9. The number of nitrogens with one attached hydrogen (secondary N) is 1. The summed E-state index contributed by atoms with van der Waals surface area (Å²) in [4.78, 5) is 0. The van der Waals surface area contributed by atoms with Gasteiger partial charge in [0.2, 0.25) is 0 Å². The van der Waals surface area contributed by atoms with Gasteiger partial charge in [-0.05, 0) is 66.1 Å². The molecule has 0 bridgehead atoms. The van der Waals surface area contributed by atoms with Crippen molar-refractivity contribution in [1.29, 1.82) is 0 Å². The van der Waals surface area contributed by atoms with E-state index in [1.165, 1.54) is 0 Å². The Hall–Kier alpha value is -2.60. The maximum atomic E-state index is 13.7. The molecule has 0 radical (unpaired) electrons. The van der Waals surface area contributed by atoms with Gasteiger partial charge in [-0.25, -0.2) is 9.07 Å². The topological polar surface area (TPSA) is 55.6 Å². The average molecular weight is 325 g/mol. The molecule has 0 aliphatic carbocycles. The molecule has 2 aromatic carbocycles. The highest BCUT2D eigenvalue weighted by atomic mass is 19.1. The molecule has 0 amide bonds. The van der Waals surface area contributed by atoms with Crippen LogP contribution >= 0.6 is 0 Å². The molecular weight excluding hydrogens is 305 g/mol. The van der Waals surface area contributed by atoms with E-state index >= 15 is 0 Å². The molecule has 0 spiro atoms. The molecule has 1 aromatic heterocycles. The SMILES string of the molecule is Cc1ccc([C@H](C)N[C@@H](C)c2ccc(-n3cnnn3)cc2)cc1F. The average Bonchev–Trinajstić information content (AvgIpc) is 3.12. The van der Waals surface area contributed by atoms with Crippen LogP contribution in [-0.2, 0) is 0 Å². The molecule has 0 fully saturated rings. The van der Waals surface area contributed by atoms with Crippen molar-refractivity contribution >= 4 is 0 Å². The van der Waals surface area contributed by atoms with E-state index in [0.29, 0.717) is 5.56 Å². The maximum Gasteiger partial charge on any atom is 0.143 e. The highest BCUT2D eigenvalue weighted by Crippen LogP contribution is 2.21. The number of aromatic nitrogens is 4. The summed E-state index contributed by atoms with van der Waals surface area (Å²) in [6, 6.07) is 13.6. The Bertz CT molecular complexity index is 799. The molecule has 0 saturated carbocycles. The van der Waals surface area contributed by atoms with E-state index < -0.39 is 0 Å². The number of halogens is 1. The van der Waals surface area contributed by atoms with Crippen LogP contribution in [0, 0.1) is 12.7 Å². The van der Waals surface area contributed by atoms with Crippen molar-refractivity contribution in [3.05, 3.63) is 71.3 Å². The molecule has 2 atom stereocenters. The molecule has 5 nitrogen and oxygen atoms in total. The van der Waals surface area contributed by atoms with Crippen molar-refractivity contribution < 1.29 is 4.39 Å². The zero-order valence-electron chi connectivity index (χ0n) is 13.9. The summed E-state index contributed by atoms with van der Waals surface area (Å²) in [6.07, 6.45) is 1.56. The van der Waals surface area contributed by atoms with Crippen LogP contribution in [0.25, 0.3) is 5.69 Å². The van der Waals surface area contributed by atoms with Crippen molar-refractivity contribution in [2.24, 2.45) is 0 Å². The van der Waals surface area contributed by atoms with E-state index in [0.717, 1.165) is 16.8 Å². The Morgan fingerprint density at radius 1 is 1.00 bits per heavy atom. The maximum absolute atomic E-state index is 13.7. The molecule has 3 aromatic rings. The van der Waals surface area contributed by atoms with Gasteiger partial charge in [-0.2, -0.15) is 0 Å². The molecule has 124 valence electrons. The molecule has 0 unspecified atom stereocenters. The summed E-state index contributed by atoms with van der Waals surface area (Å²) in [5.74, 6) is -0.167. The van der Waals surface area contributed by atoms with Gasteiger partial charge < -0.3 is 5.32 Å². The summed E-state index contributed by atoms with van der Waals surface area (Å²) >= 11 is 0. The van der Waals surface area contributed by atoms with Crippen LogP contribution in [0.5, 0.6) is 0 Å². The molecule has 6 heteroatoms. The van der Waals surface area contributed by atoms with Crippen LogP contribution in [0.1, 0.15) is 42.6 Å². The summed E-state index contributed by atoms with van der Waals surface area (Å²) in [5, 5.41) is 14.6. The second-order valence-electron chi connectivity index (χ2n) is 5.96. The molecule has 1 heterocycles. The lowest BCUT2D eigenvalue weighted by atomic mass is 10.0. The monoisotopic (exact) mass is 325 g/mol. The van der Waals surface area contributed by atoms with Gasteiger partial charge in [0, 0.05) is 12.1 Å². The lowest BCUT2D eigenvalue weighted by Crippen LogP contribution is -2.22. The smallest absolute Gasteiger partial charge is 0.143 e. The number of hydrogen-bond donors (Lipinski definition) is 1. The number of hydrogen-bond acceptors (Lipinski definition) is 4. The lowest BCUT2D eigenvalue weighted by Gasteiger charge is -2.21. The van der Waals surface area contributed by atoms with Crippen LogP contribution in [0.3, 0.4) is 0 Å². The van der Waals surface area contributed by atoms with Crippen LogP contribution in [0.15, 0.2) is 48.8 Å². The third-order valence-electron chi connectivity index (χ3n) is 4.20. The van der Waals surface area contributed by atoms with Gasteiger partial charge in [0.25, 0.3) is 0 Å². The number of aryl methyl sites for hydroxylation is 1. The second kappa shape index (κ2) is 6.88. The van der Waals surface area contributed by atoms with Crippen molar-refractivity contribution in [2.45, 2.75) is 32.9 Å². The number of tetrazole rings is 1. The summed E-state index contributed by atoms with van der Waals surface area (Å²) < 4.78 is 15.3.